The van der Waals surface area contributed by atoms with E-state index in [2.05, 4.69) is 15.5 Å². The molecule has 0 radical (unpaired) electrons. The maximum atomic E-state index is 13.1. The Kier molecular flexibility index (Phi) is 7.28. The molecule has 1 amide bonds. The first-order valence-corrected chi connectivity index (χ1v) is 12.8. The molecule has 0 fully saturated rings. The molecular formula is C26H25F3N4O3S. The third-order valence-corrected chi connectivity index (χ3v) is 6.82. The Labute approximate surface area is 213 Å². The van der Waals surface area contributed by atoms with Crippen LogP contribution in [0.4, 0.5) is 30.2 Å². The van der Waals surface area contributed by atoms with Crippen LogP contribution in [-0.4, -0.2) is 45.4 Å². The standard InChI is InChI=1S/C26H25F3N4O3S/c1-33(2)15-14-17-8-10-19(11-9-17)30-24(18-6-4-3-5-7-18)23-21-16-20(12-13-22(21)31-25(23)34)32-37(35,36)26(27,28)29/h3-13,16,30,32H,14-15H2,1-2H3,(H,31,34)/b24-23+. The van der Waals surface area contributed by atoms with E-state index in [1.54, 1.807) is 24.3 Å². The highest BCUT2D eigenvalue weighted by Crippen LogP contribution is 2.39. The number of rotatable bonds is 8. The molecule has 1 aliphatic rings. The lowest BCUT2D eigenvalue weighted by Crippen LogP contribution is -2.29. The molecule has 194 valence electrons. The zero-order chi connectivity index (χ0) is 26.8. The van der Waals surface area contributed by atoms with Crippen molar-refractivity contribution in [1.82, 2.24) is 4.90 Å². The van der Waals surface area contributed by atoms with E-state index in [0.717, 1.165) is 24.6 Å². The largest absolute Gasteiger partial charge is 0.516 e. The van der Waals surface area contributed by atoms with Gasteiger partial charge in [0.05, 0.1) is 11.3 Å². The number of hydrogen-bond acceptors (Lipinski definition) is 5. The molecule has 0 atom stereocenters. The second-order valence-corrected chi connectivity index (χ2v) is 10.4. The summed E-state index contributed by atoms with van der Waals surface area (Å²) < 4.78 is 63.5. The number of amides is 1. The van der Waals surface area contributed by atoms with Crippen molar-refractivity contribution in [3.8, 4) is 0 Å². The van der Waals surface area contributed by atoms with Crippen LogP contribution in [0.1, 0.15) is 16.7 Å². The van der Waals surface area contributed by atoms with E-state index >= 15 is 0 Å². The molecule has 11 heteroatoms. The number of likely N-dealkylation sites (N-methyl/N-ethyl adjacent to an activating group) is 1. The summed E-state index contributed by atoms with van der Waals surface area (Å²) >= 11 is 0. The molecule has 1 aliphatic heterocycles. The van der Waals surface area contributed by atoms with Crippen molar-refractivity contribution >= 4 is 44.3 Å². The maximum Gasteiger partial charge on any atom is 0.516 e. The van der Waals surface area contributed by atoms with E-state index in [1.807, 2.05) is 44.4 Å². The van der Waals surface area contributed by atoms with Crippen LogP contribution in [0, 0.1) is 0 Å². The Morgan fingerprint density at radius 1 is 0.946 bits per heavy atom. The zero-order valence-electron chi connectivity index (χ0n) is 20.1. The van der Waals surface area contributed by atoms with Gasteiger partial charge >= 0.3 is 15.5 Å². The first-order valence-electron chi connectivity index (χ1n) is 11.3. The monoisotopic (exact) mass is 530 g/mol. The lowest BCUT2D eigenvalue weighted by molar-refractivity contribution is -0.110. The van der Waals surface area contributed by atoms with Crippen LogP contribution in [0.25, 0.3) is 11.3 Å². The Morgan fingerprint density at radius 2 is 1.59 bits per heavy atom. The molecule has 3 N–H and O–H groups in total. The van der Waals surface area contributed by atoms with Crippen LogP contribution in [0.3, 0.4) is 0 Å². The quantitative estimate of drug-likeness (QED) is 0.357. The first kappa shape index (κ1) is 26.2. The Morgan fingerprint density at radius 3 is 2.22 bits per heavy atom. The van der Waals surface area contributed by atoms with Gasteiger partial charge in [-0.1, -0.05) is 42.5 Å². The number of nitrogens with zero attached hydrogens (tertiary/aromatic N) is 1. The number of halogens is 3. The van der Waals surface area contributed by atoms with Crippen molar-refractivity contribution in [3.05, 3.63) is 89.5 Å². The van der Waals surface area contributed by atoms with Crippen LogP contribution in [0.15, 0.2) is 72.8 Å². The normalized spacial score (nSPS) is 14.8. The van der Waals surface area contributed by atoms with Crippen LogP contribution < -0.4 is 15.4 Å². The lowest BCUT2D eigenvalue weighted by atomic mass is 9.99. The van der Waals surface area contributed by atoms with Gasteiger partial charge < -0.3 is 15.5 Å². The second-order valence-electron chi connectivity index (χ2n) is 8.76. The predicted molar refractivity (Wildman–Crippen MR) is 139 cm³/mol. The summed E-state index contributed by atoms with van der Waals surface area (Å²) in [5.74, 6) is -0.472. The van der Waals surface area contributed by atoms with Crippen molar-refractivity contribution in [3.63, 3.8) is 0 Å². The van der Waals surface area contributed by atoms with Gasteiger partial charge in [-0.25, -0.2) is 0 Å². The second kappa shape index (κ2) is 10.3. The summed E-state index contributed by atoms with van der Waals surface area (Å²) in [5, 5.41) is 5.98. The molecule has 0 spiro atoms. The molecular weight excluding hydrogens is 505 g/mol. The molecule has 0 saturated carbocycles. The fourth-order valence-electron chi connectivity index (χ4n) is 3.83. The minimum atomic E-state index is -5.62. The highest BCUT2D eigenvalue weighted by atomic mass is 32.2. The average molecular weight is 531 g/mol. The molecule has 4 rings (SSSR count). The molecule has 0 bridgehead atoms. The molecule has 0 aliphatic carbocycles. The minimum absolute atomic E-state index is 0.172. The third kappa shape index (κ3) is 5.95. The molecule has 1 heterocycles. The van der Waals surface area contributed by atoms with Gasteiger partial charge in [-0.05, 0) is 62.0 Å². The highest BCUT2D eigenvalue weighted by Gasteiger charge is 2.46. The van der Waals surface area contributed by atoms with E-state index in [-0.39, 0.29) is 16.8 Å². The summed E-state index contributed by atoms with van der Waals surface area (Å²) in [6.45, 7) is 0.892. The van der Waals surface area contributed by atoms with Crippen LogP contribution in [-0.2, 0) is 21.2 Å². The zero-order valence-corrected chi connectivity index (χ0v) is 20.9. The number of sulfonamides is 1. The Bertz CT molecular complexity index is 1440. The summed E-state index contributed by atoms with van der Waals surface area (Å²) in [6.07, 6.45) is 0.867. The fraction of sp³-hybridized carbons (Fsp3) is 0.192. The third-order valence-electron chi connectivity index (χ3n) is 5.70. The van der Waals surface area contributed by atoms with Gasteiger partial charge in [0, 0.05) is 29.2 Å². The van der Waals surface area contributed by atoms with Crippen molar-refractivity contribution in [1.29, 1.82) is 0 Å². The number of benzene rings is 3. The van der Waals surface area contributed by atoms with E-state index in [4.69, 9.17) is 0 Å². The molecule has 3 aromatic rings. The van der Waals surface area contributed by atoms with E-state index < -0.39 is 21.4 Å². The van der Waals surface area contributed by atoms with Crippen molar-refractivity contribution < 1.29 is 26.4 Å². The summed E-state index contributed by atoms with van der Waals surface area (Å²) in [6, 6.07) is 20.4. The van der Waals surface area contributed by atoms with Gasteiger partial charge in [-0.15, -0.1) is 0 Å². The SMILES string of the molecule is CN(C)CCc1ccc(N/C(=C2/C(=O)Nc3ccc(NS(=O)(=O)C(F)(F)F)cc32)c2ccccc2)cc1. The average Bonchev–Trinajstić information content (AvgIpc) is 3.16. The number of fused-ring (bicyclic) bond motifs is 1. The highest BCUT2D eigenvalue weighted by molar-refractivity contribution is 7.93. The van der Waals surface area contributed by atoms with E-state index in [1.165, 1.54) is 16.9 Å². The molecule has 0 aromatic heterocycles. The molecule has 3 aromatic carbocycles. The number of carbonyl (C=O) groups excluding carboxylic acids is 1. The van der Waals surface area contributed by atoms with Crippen LogP contribution >= 0.6 is 0 Å². The number of anilines is 3. The molecule has 0 saturated heterocycles. The topological polar surface area (TPSA) is 90.5 Å². The van der Waals surface area contributed by atoms with Gasteiger partial charge in [0.15, 0.2) is 0 Å². The number of carbonyl (C=O) groups is 1. The van der Waals surface area contributed by atoms with Crippen LogP contribution in [0.5, 0.6) is 0 Å². The lowest BCUT2D eigenvalue weighted by Gasteiger charge is -2.16. The summed E-state index contributed by atoms with van der Waals surface area (Å²) in [4.78, 5) is 15.1. The van der Waals surface area contributed by atoms with E-state index in [0.29, 0.717) is 22.6 Å². The van der Waals surface area contributed by atoms with Gasteiger partial charge in [0.25, 0.3) is 5.91 Å². The van der Waals surface area contributed by atoms with Crippen LogP contribution in [0.2, 0.25) is 0 Å². The molecule has 7 nitrogen and oxygen atoms in total. The van der Waals surface area contributed by atoms with Crippen molar-refractivity contribution in [2.45, 2.75) is 11.9 Å². The fourth-order valence-corrected chi connectivity index (χ4v) is 4.38. The first-order chi connectivity index (χ1) is 17.4. The Balaban J connectivity index is 1.76. The molecule has 37 heavy (non-hydrogen) atoms. The van der Waals surface area contributed by atoms with Gasteiger partial charge in [-0.2, -0.15) is 21.6 Å². The summed E-state index contributed by atoms with van der Waals surface area (Å²) in [7, 11) is -1.63. The number of alkyl halides is 3. The number of hydrogen-bond donors (Lipinski definition) is 3. The smallest absolute Gasteiger partial charge is 0.354 e. The van der Waals surface area contributed by atoms with Gasteiger partial charge in [0.2, 0.25) is 0 Å². The van der Waals surface area contributed by atoms with Gasteiger partial charge in [0.1, 0.15) is 0 Å². The van der Waals surface area contributed by atoms with E-state index in [9.17, 15) is 26.4 Å². The molecule has 0 unspecified atom stereocenters. The Hall–Kier alpha value is -3.83. The number of nitrogens with one attached hydrogen (secondary N) is 3. The minimum Gasteiger partial charge on any atom is -0.354 e. The van der Waals surface area contributed by atoms with Gasteiger partial charge in [-0.3, -0.25) is 9.52 Å². The van der Waals surface area contributed by atoms with Crippen molar-refractivity contribution in [2.75, 3.05) is 36.0 Å². The summed E-state index contributed by atoms with van der Waals surface area (Å²) in [5.41, 5.74) is -2.07. The van der Waals surface area contributed by atoms with Crippen molar-refractivity contribution in [2.24, 2.45) is 0 Å². The maximum absolute atomic E-state index is 13.1. The predicted octanol–water partition coefficient (Wildman–Crippen LogP) is 4.98.